The second-order valence-electron chi connectivity index (χ2n) is 23.2. The molecule has 0 aromatic carbocycles. The van der Waals surface area contributed by atoms with Crippen LogP contribution in [0.2, 0.25) is 0 Å². The molecule has 0 aromatic heterocycles. The van der Waals surface area contributed by atoms with Crippen LogP contribution in [0, 0.1) is 59.2 Å². The molecule has 10 nitrogen and oxygen atoms in total. The fourth-order valence-corrected chi connectivity index (χ4v) is 9.87. The number of carbonyl (C=O) groups is 3. The van der Waals surface area contributed by atoms with Crippen molar-refractivity contribution in [2.75, 3.05) is 58.9 Å². The van der Waals surface area contributed by atoms with Crippen molar-refractivity contribution in [1.82, 2.24) is 36.8 Å². The van der Waals surface area contributed by atoms with Crippen LogP contribution in [0.3, 0.4) is 0 Å². The molecule has 0 aromatic rings. The van der Waals surface area contributed by atoms with Gasteiger partial charge in [-0.05, 0) is 196 Å². The third kappa shape index (κ3) is 30.0. The van der Waals surface area contributed by atoms with Crippen LogP contribution in [-0.4, -0.2) is 99.6 Å². The fraction of sp³-hybridized carbons (Fsp3) is 0.946. The highest BCUT2D eigenvalue weighted by Crippen LogP contribution is 2.23. The van der Waals surface area contributed by atoms with Gasteiger partial charge in [0, 0.05) is 50.5 Å². The van der Waals surface area contributed by atoms with E-state index in [-0.39, 0.29) is 17.7 Å². The molecule has 7 saturated heterocycles. The SMILES string of the molecule is CC(C)C1CCC(=O)NC1.CC(C)C1CCCC(=O)N1.CC(C)C1CCCCN1.CC(C)C1CCCNC1.CC(C)C1CCNC(=O)C1.CC(C)C1CCNCC1.CC(C)N1CCCCC1. The van der Waals surface area contributed by atoms with Gasteiger partial charge in [0.05, 0.1) is 0 Å². The molecule has 0 radical (unpaired) electrons. The van der Waals surface area contributed by atoms with E-state index in [1.165, 1.54) is 110 Å². The Hall–Kier alpha value is -1.75. The van der Waals surface area contributed by atoms with Gasteiger partial charge in [0.25, 0.3) is 0 Å². The summed E-state index contributed by atoms with van der Waals surface area (Å²) in [5.74, 6) is 8.48. The van der Waals surface area contributed by atoms with Crippen LogP contribution in [0.25, 0.3) is 0 Å². The monoisotopic (exact) mass is 932 g/mol. The summed E-state index contributed by atoms with van der Waals surface area (Å²) in [6.07, 6.45) is 20.7. The zero-order chi connectivity index (χ0) is 49.4. The summed E-state index contributed by atoms with van der Waals surface area (Å²) in [5.41, 5.74) is 0. The smallest absolute Gasteiger partial charge is 0.220 e. The highest BCUT2D eigenvalue weighted by atomic mass is 16.2. The lowest BCUT2D eigenvalue weighted by molar-refractivity contribution is -0.124. The Morgan fingerprint density at radius 3 is 1.35 bits per heavy atom. The van der Waals surface area contributed by atoms with Crippen LogP contribution in [0.4, 0.5) is 0 Å². The number of hydrogen-bond donors (Lipinski definition) is 6. The van der Waals surface area contributed by atoms with E-state index >= 15 is 0 Å². The lowest BCUT2D eigenvalue weighted by Gasteiger charge is -2.29. The summed E-state index contributed by atoms with van der Waals surface area (Å²) >= 11 is 0. The van der Waals surface area contributed by atoms with E-state index in [1.807, 2.05) is 0 Å². The number of rotatable bonds is 7. The maximum absolute atomic E-state index is 10.9. The highest BCUT2D eigenvalue weighted by Gasteiger charge is 2.23. The molecule has 5 atom stereocenters. The molecule has 7 fully saturated rings. The first-order valence-electron chi connectivity index (χ1n) is 28.0. The lowest BCUT2D eigenvalue weighted by atomic mass is 9.87. The molecule has 7 aliphatic heterocycles. The molecule has 5 unspecified atom stereocenters. The number of likely N-dealkylation sites (tertiary alicyclic amines) is 1. The van der Waals surface area contributed by atoms with Gasteiger partial charge in [-0.15, -0.1) is 0 Å². The molecule has 66 heavy (non-hydrogen) atoms. The molecule has 3 amide bonds. The molecule has 7 heterocycles. The average molecular weight is 933 g/mol. The van der Waals surface area contributed by atoms with Gasteiger partial charge in [-0.2, -0.15) is 0 Å². The largest absolute Gasteiger partial charge is 0.356 e. The quantitative estimate of drug-likeness (QED) is 0.150. The average Bonchev–Trinajstić information content (AvgIpc) is 3.31. The topological polar surface area (TPSA) is 127 Å². The highest BCUT2D eigenvalue weighted by molar-refractivity contribution is 5.77. The van der Waals surface area contributed by atoms with Crippen molar-refractivity contribution in [1.29, 1.82) is 0 Å². The number of piperidine rings is 7. The molecular formula is C56H113N7O3. The molecular weight excluding hydrogens is 819 g/mol. The fourth-order valence-electron chi connectivity index (χ4n) is 9.87. The van der Waals surface area contributed by atoms with Crippen LogP contribution in [0.5, 0.6) is 0 Å². The van der Waals surface area contributed by atoms with Crippen molar-refractivity contribution in [3.05, 3.63) is 0 Å². The molecule has 7 aliphatic rings. The Bertz CT molecular complexity index is 1070. The molecule has 0 saturated carbocycles. The summed E-state index contributed by atoms with van der Waals surface area (Å²) in [6, 6.07) is 2.00. The van der Waals surface area contributed by atoms with E-state index in [1.54, 1.807) is 0 Å². The first-order valence-corrected chi connectivity index (χ1v) is 28.0. The van der Waals surface area contributed by atoms with Gasteiger partial charge in [-0.25, -0.2) is 0 Å². The zero-order valence-corrected chi connectivity index (χ0v) is 46.1. The Kier molecular flexibility index (Phi) is 35.0. The lowest BCUT2D eigenvalue weighted by Crippen LogP contribution is -2.41. The normalized spacial score (nSPS) is 26.3. The maximum Gasteiger partial charge on any atom is 0.220 e. The first-order chi connectivity index (χ1) is 31.3. The second-order valence-corrected chi connectivity index (χ2v) is 23.2. The zero-order valence-electron chi connectivity index (χ0n) is 46.1. The maximum atomic E-state index is 10.9. The molecule has 0 bridgehead atoms. The van der Waals surface area contributed by atoms with Crippen molar-refractivity contribution in [2.45, 2.75) is 224 Å². The third-order valence-corrected chi connectivity index (χ3v) is 15.4. The molecule has 10 heteroatoms. The summed E-state index contributed by atoms with van der Waals surface area (Å²) in [7, 11) is 0. The Balaban J connectivity index is 0.000000385. The van der Waals surface area contributed by atoms with Crippen molar-refractivity contribution < 1.29 is 14.4 Å². The van der Waals surface area contributed by atoms with Gasteiger partial charge in [0.15, 0.2) is 0 Å². The predicted molar refractivity (Wildman–Crippen MR) is 284 cm³/mol. The van der Waals surface area contributed by atoms with Gasteiger partial charge >= 0.3 is 0 Å². The minimum Gasteiger partial charge on any atom is -0.356 e. The van der Waals surface area contributed by atoms with Crippen molar-refractivity contribution >= 4 is 17.7 Å². The van der Waals surface area contributed by atoms with Gasteiger partial charge < -0.3 is 36.8 Å². The van der Waals surface area contributed by atoms with Crippen LogP contribution in [0.1, 0.15) is 206 Å². The summed E-state index contributed by atoms with van der Waals surface area (Å²) in [5, 5.41) is 19.0. The number of hydrogen-bond acceptors (Lipinski definition) is 7. The Labute approximate surface area is 409 Å². The number of amides is 3. The van der Waals surface area contributed by atoms with Crippen LogP contribution in [0.15, 0.2) is 0 Å². The molecule has 6 N–H and O–H groups in total. The molecule has 0 spiro atoms. The van der Waals surface area contributed by atoms with Gasteiger partial charge in [0.1, 0.15) is 0 Å². The number of carbonyl (C=O) groups excluding carboxylic acids is 3. The number of nitrogens with one attached hydrogen (secondary N) is 6. The van der Waals surface area contributed by atoms with E-state index in [0.29, 0.717) is 35.6 Å². The number of nitrogens with zero attached hydrogens (tertiary/aromatic N) is 1. The van der Waals surface area contributed by atoms with Crippen molar-refractivity contribution in [2.24, 2.45) is 59.2 Å². The minimum atomic E-state index is 0.219. The molecule has 390 valence electrons. The molecule has 7 rings (SSSR count). The summed E-state index contributed by atoms with van der Waals surface area (Å²) in [4.78, 5) is 35.0. The predicted octanol–water partition coefficient (Wildman–Crippen LogP) is 10.6. The summed E-state index contributed by atoms with van der Waals surface area (Å²) in [6.45, 7) is 42.2. The summed E-state index contributed by atoms with van der Waals surface area (Å²) < 4.78 is 0. The van der Waals surface area contributed by atoms with E-state index < -0.39 is 0 Å². The van der Waals surface area contributed by atoms with E-state index in [9.17, 15) is 14.4 Å². The minimum absolute atomic E-state index is 0.219. The standard InChI is InChI=1S/3C8H15NO.4C8H17N/c1-6(2)7-3-4-9-8(10)5-7;1-6(2)7-3-4-8(10)9-5-7;1-6(2)7-4-3-5-8(10)9-7;1-7(2)8-3-5-9-6-4-8;1-7(2)8-4-3-5-9-6-8;1-8(2)9-6-4-3-5-7-9;1-7(2)8-5-3-4-6-9-8/h3*6-7H,3-5H2,1-2H3,(H,9,10);2*7-9H,3-6H2,1-2H3;8H,3-7H2,1-2H3;7-9H,3-6H2,1-2H3. The Morgan fingerprint density at radius 2 is 0.985 bits per heavy atom. The second kappa shape index (κ2) is 37.1. The van der Waals surface area contributed by atoms with Crippen LogP contribution in [-0.2, 0) is 14.4 Å². The van der Waals surface area contributed by atoms with Crippen molar-refractivity contribution in [3.63, 3.8) is 0 Å². The first kappa shape index (κ1) is 62.3. The Morgan fingerprint density at radius 1 is 0.409 bits per heavy atom. The van der Waals surface area contributed by atoms with Crippen LogP contribution >= 0.6 is 0 Å². The third-order valence-electron chi connectivity index (χ3n) is 15.4. The van der Waals surface area contributed by atoms with Crippen LogP contribution < -0.4 is 31.9 Å². The van der Waals surface area contributed by atoms with E-state index in [4.69, 9.17) is 0 Å². The van der Waals surface area contributed by atoms with E-state index in [2.05, 4.69) is 134 Å². The van der Waals surface area contributed by atoms with E-state index in [0.717, 1.165) is 99.7 Å². The molecule has 0 aliphatic carbocycles. The van der Waals surface area contributed by atoms with Crippen molar-refractivity contribution in [3.8, 4) is 0 Å². The van der Waals surface area contributed by atoms with Gasteiger partial charge in [-0.1, -0.05) is 95.9 Å². The van der Waals surface area contributed by atoms with Gasteiger partial charge in [0.2, 0.25) is 17.7 Å². The van der Waals surface area contributed by atoms with Gasteiger partial charge in [-0.3, -0.25) is 14.4 Å².